The molecule has 0 unspecified atom stereocenters. The number of hydrogen-bond acceptors (Lipinski definition) is 5. The van der Waals surface area contributed by atoms with Crippen LogP contribution in [0.2, 0.25) is 0 Å². The van der Waals surface area contributed by atoms with Gasteiger partial charge in [-0.3, -0.25) is 15.1 Å². The average Bonchev–Trinajstić information content (AvgIpc) is 3.18. The van der Waals surface area contributed by atoms with Gasteiger partial charge in [0.05, 0.1) is 17.2 Å². The Bertz CT molecular complexity index is 1000. The van der Waals surface area contributed by atoms with Crippen LogP contribution in [0.3, 0.4) is 0 Å². The van der Waals surface area contributed by atoms with Gasteiger partial charge in [-0.15, -0.1) is 0 Å². The lowest BCUT2D eigenvalue weighted by molar-refractivity contribution is -0.120. The van der Waals surface area contributed by atoms with Gasteiger partial charge in [0, 0.05) is 37.4 Å². The number of anilines is 2. The fraction of sp³-hybridized carbons (Fsp3) is 0.478. The Kier molecular flexibility index (Phi) is 5.34. The van der Waals surface area contributed by atoms with Gasteiger partial charge in [0.1, 0.15) is 5.82 Å². The molecule has 2 aromatic heterocycles. The minimum Gasteiger partial charge on any atom is -0.355 e. The molecule has 5 rings (SSSR count). The first-order valence-electron chi connectivity index (χ1n) is 11.1. The Morgan fingerprint density at radius 3 is 2.57 bits per heavy atom. The number of carbonyl (C=O) groups is 1. The van der Waals surface area contributed by atoms with Gasteiger partial charge in [-0.05, 0) is 37.8 Å². The van der Waals surface area contributed by atoms with Crippen LogP contribution in [0.1, 0.15) is 51.0 Å². The lowest BCUT2D eigenvalue weighted by Crippen LogP contribution is -2.39. The second-order valence-corrected chi connectivity index (χ2v) is 8.40. The third kappa shape index (κ3) is 3.76. The molecule has 0 spiro atoms. The summed E-state index contributed by atoms with van der Waals surface area (Å²) in [6.45, 7) is 1.63. The molecule has 1 amide bonds. The molecule has 1 aromatic carbocycles. The van der Waals surface area contributed by atoms with Crippen LogP contribution in [-0.2, 0) is 4.79 Å². The molecule has 156 valence electrons. The SMILES string of the molecule is O=C(Nc1nc2ccccc2n1C1CCCCC1)C1CCN(c2cnccn2)CC1. The molecule has 1 aliphatic heterocycles. The maximum absolute atomic E-state index is 13.1. The minimum absolute atomic E-state index is 0.00228. The average molecular weight is 405 g/mol. The van der Waals surface area contributed by atoms with Gasteiger partial charge in [0.15, 0.2) is 0 Å². The van der Waals surface area contributed by atoms with E-state index in [1.165, 1.54) is 19.3 Å². The number of fused-ring (bicyclic) bond motifs is 1. The maximum Gasteiger partial charge on any atom is 0.229 e. The molecular formula is C23H28N6O. The standard InChI is InChI=1S/C23H28N6O/c30-22(17-10-14-28(15-11-17)21-16-24-12-13-25-21)27-23-26-19-8-4-5-9-20(19)29(23)18-6-2-1-3-7-18/h4-5,8-9,12-13,16-18H,1-3,6-7,10-11,14-15H2,(H,26,27,30). The summed E-state index contributed by atoms with van der Waals surface area (Å²) in [5.41, 5.74) is 2.08. The first-order chi connectivity index (χ1) is 14.8. The largest absolute Gasteiger partial charge is 0.355 e. The number of carbonyl (C=O) groups excluding carboxylic acids is 1. The molecular weight excluding hydrogens is 376 g/mol. The van der Waals surface area contributed by atoms with E-state index >= 15 is 0 Å². The fourth-order valence-corrected chi connectivity index (χ4v) is 4.88. The molecule has 3 heterocycles. The van der Waals surface area contributed by atoms with Crippen molar-refractivity contribution in [1.29, 1.82) is 0 Å². The normalized spacial score (nSPS) is 18.6. The van der Waals surface area contributed by atoms with Gasteiger partial charge in [0.25, 0.3) is 0 Å². The molecule has 7 heteroatoms. The maximum atomic E-state index is 13.1. The zero-order valence-corrected chi connectivity index (χ0v) is 17.2. The molecule has 30 heavy (non-hydrogen) atoms. The third-order valence-electron chi connectivity index (χ3n) is 6.51. The number of hydrogen-bond donors (Lipinski definition) is 1. The Labute approximate surface area is 176 Å². The highest BCUT2D eigenvalue weighted by Gasteiger charge is 2.28. The summed E-state index contributed by atoms with van der Waals surface area (Å²) in [4.78, 5) is 28.6. The number of piperidine rings is 1. The van der Waals surface area contributed by atoms with Crippen LogP contribution < -0.4 is 10.2 Å². The molecule has 0 atom stereocenters. The van der Waals surface area contributed by atoms with E-state index in [9.17, 15) is 4.79 Å². The number of para-hydroxylation sites is 2. The van der Waals surface area contributed by atoms with Crippen molar-refractivity contribution in [2.75, 3.05) is 23.3 Å². The van der Waals surface area contributed by atoms with E-state index in [2.05, 4.69) is 36.9 Å². The van der Waals surface area contributed by atoms with Crippen molar-refractivity contribution in [3.8, 4) is 0 Å². The summed E-state index contributed by atoms with van der Waals surface area (Å²) in [7, 11) is 0. The Hall–Kier alpha value is -2.96. The molecule has 3 aromatic rings. The summed E-state index contributed by atoms with van der Waals surface area (Å²) >= 11 is 0. The van der Waals surface area contributed by atoms with E-state index in [-0.39, 0.29) is 11.8 Å². The van der Waals surface area contributed by atoms with Gasteiger partial charge in [-0.1, -0.05) is 31.4 Å². The van der Waals surface area contributed by atoms with E-state index in [0.717, 1.165) is 55.6 Å². The molecule has 0 bridgehead atoms. The Morgan fingerprint density at radius 2 is 1.80 bits per heavy atom. The van der Waals surface area contributed by atoms with Crippen molar-refractivity contribution >= 4 is 28.7 Å². The lowest BCUT2D eigenvalue weighted by atomic mass is 9.95. The summed E-state index contributed by atoms with van der Waals surface area (Å²) in [5.74, 6) is 1.68. The minimum atomic E-state index is -0.00228. The van der Waals surface area contributed by atoms with Gasteiger partial charge in [0.2, 0.25) is 11.9 Å². The summed E-state index contributed by atoms with van der Waals surface area (Å²) < 4.78 is 2.28. The highest BCUT2D eigenvalue weighted by atomic mass is 16.2. The van der Waals surface area contributed by atoms with Crippen molar-refractivity contribution in [2.24, 2.45) is 5.92 Å². The molecule has 7 nitrogen and oxygen atoms in total. The van der Waals surface area contributed by atoms with E-state index in [4.69, 9.17) is 4.98 Å². The Balaban J connectivity index is 1.31. The monoisotopic (exact) mass is 404 g/mol. The zero-order valence-electron chi connectivity index (χ0n) is 17.2. The molecule has 1 aliphatic carbocycles. The number of nitrogens with zero attached hydrogens (tertiary/aromatic N) is 5. The molecule has 1 saturated heterocycles. The quantitative estimate of drug-likeness (QED) is 0.706. The van der Waals surface area contributed by atoms with E-state index in [0.29, 0.717) is 12.0 Å². The van der Waals surface area contributed by atoms with Crippen LogP contribution >= 0.6 is 0 Å². The van der Waals surface area contributed by atoms with Crippen molar-refractivity contribution in [3.05, 3.63) is 42.9 Å². The molecule has 1 N–H and O–H groups in total. The fourth-order valence-electron chi connectivity index (χ4n) is 4.88. The number of benzene rings is 1. The van der Waals surface area contributed by atoms with Crippen molar-refractivity contribution in [1.82, 2.24) is 19.5 Å². The first-order valence-corrected chi connectivity index (χ1v) is 11.1. The van der Waals surface area contributed by atoms with Crippen LogP contribution in [0, 0.1) is 5.92 Å². The zero-order chi connectivity index (χ0) is 20.3. The highest BCUT2D eigenvalue weighted by Crippen LogP contribution is 2.34. The number of aromatic nitrogens is 4. The molecule has 0 radical (unpaired) electrons. The van der Waals surface area contributed by atoms with E-state index in [1.54, 1.807) is 18.6 Å². The van der Waals surface area contributed by atoms with Crippen LogP contribution in [-0.4, -0.2) is 38.5 Å². The second kappa shape index (κ2) is 8.42. The van der Waals surface area contributed by atoms with E-state index < -0.39 is 0 Å². The van der Waals surface area contributed by atoms with Crippen LogP contribution in [0.5, 0.6) is 0 Å². The lowest BCUT2D eigenvalue weighted by Gasteiger charge is -2.32. The van der Waals surface area contributed by atoms with Crippen molar-refractivity contribution in [3.63, 3.8) is 0 Å². The third-order valence-corrected chi connectivity index (χ3v) is 6.51. The number of nitrogens with one attached hydrogen (secondary N) is 1. The number of imidazole rings is 1. The van der Waals surface area contributed by atoms with Gasteiger partial charge >= 0.3 is 0 Å². The summed E-state index contributed by atoms with van der Waals surface area (Å²) in [5, 5.41) is 3.19. The van der Waals surface area contributed by atoms with Crippen molar-refractivity contribution < 1.29 is 4.79 Å². The van der Waals surface area contributed by atoms with Crippen LogP contribution in [0.4, 0.5) is 11.8 Å². The molecule has 2 fully saturated rings. The van der Waals surface area contributed by atoms with Gasteiger partial charge < -0.3 is 9.47 Å². The molecule has 2 aliphatic rings. The summed E-state index contributed by atoms with van der Waals surface area (Å²) in [6, 6.07) is 8.63. The number of rotatable bonds is 4. The predicted molar refractivity (Wildman–Crippen MR) is 117 cm³/mol. The van der Waals surface area contributed by atoms with Crippen LogP contribution in [0.15, 0.2) is 42.9 Å². The second-order valence-electron chi connectivity index (χ2n) is 8.40. The first kappa shape index (κ1) is 19.0. The Morgan fingerprint density at radius 1 is 1.00 bits per heavy atom. The van der Waals surface area contributed by atoms with Crippen LogP contribution in [0.25, 0.3) is 11.0 Å². The topological polar surface area (TPSA) is 75.9 Å². The summed E-state index contributed by atoms with van der Waals surface area (Å²) in [6.07, 6.45) is 12.9. The molecule has 1 saturated carbocycles. The smallest absolute Gasteiger partial charge is 0.229 e. The van der Waals surface area contributed by atoms with E-state index in [1.807, 2.05) is 12.1 Å². The van der Waals surface area contributed by atoms with Crippen molar-refractivity contribution in [2.45, 2.75) is 51.0 Å². The predicted octanol–water partition coefficient (Wildman–Crippen LogP) is 4.19. The highest BCUT2D eigenvalue weighted by molar-refractivity contribution is 5.93. The van der Waals surface area contributed by atoms with Gasteiger partial charge in [-0.25, -0.2) is 9.97 Å². The number of amides is 1. The van der Waals surface area contributed by atoms with Gasteiger partial charge in [-0.2, -0.15) is 0 Å².